The summed E-state index contributed by atoms with van der Waals surface area (Å²) in [6.07, 6.45) is 8.91. The molecule has 0 aliphatic heterocycles. The molecule has 2 aromatic carbocycles. The lowest BCUT2D eigenvalue weighted by Gasteiger charge is -2.34. The fourth-order valence-corrected chi connectivity index (χ4v) is 4.52. The van der Waals surface area contributed by atoms with Crippen molar-refractivity contribution in [2.75, 3.05) is 0 Å². The normalized spacial score (nSPS) is 20.1. The first kappa shape index (κ1) is 18.8. The first-order chi connectivity index (χ1) is 12.4. The summed E-state index contributed by atoms with van der Waals surface area (Å²) < 4.78 is 12.0. The molecule has 1 aliphatic rings. The minimum Gasteiger partial charge on any atom is -0.321 e. The van der Waals surface area contributed by atoms with Gasteiger partial charge in [0, 0.05) is 5.41 Å². The van der Waals surface area contributed by atoms with Crippen LogP contribution in [0.4, 0.5) is 0 Å². The summed E-state index contributed by atoms with van der Waals surface area (Å²) in [5.41, 5.74) is 3.98. The summed E-state index contributed by atoms with van der Waals surface area (Å²) >= 11 is 0. The van der Waals surface area contributed by atoms with Gasteiger partial charge in [0.1, 0.15) is 0 Å². The minimum atomic E-state index is -4.32. The third-order valence-electron chi connectivity index (χ3n) is 5.35. The highest BCUT2D eigenvalue weighted by Gasteiger charge is 2.35. The van der Waals surface area contributed by atoms with Crippen molar-refractivity contribution in [2.45, 2.75) is 38.5 Å². The van der Waals surface area contributed by atoms with Gasteiger partial charge in [-0.25, -0.2) is 0 Å². The molecule has 3 rings (SSSR count). The molecule has 0 saturated carbocycles. The Balaban J connectivity index is 1.96. The second-order valence-corrected chi connectivity index (χ2v) is 8.39. The first-order valence-corrected chi connectivity index (χ1v) is 10.6. The number of allylic oxidation sites excluding steroid dienone is 4. The van der Waals surface area contributed by atoms with Crippen molar-refractivity contribution >= 4 is 18.5 Å². The van der Waals surface area contributed by atoms with Gasteiger partial charge in [0.15, 0.2) is 0 Å². The summed E-state index contributed by atoms with van der Waals surface area (Å²) in [6, 6.07) is 15.5. The Kier molecular flexibility index (Phi) is 5.34. The van der Waals surface area contributed by atoms with Crippen LogP contribution in [0.25, 0.3) is 5.57 Å². The number of hydrogen-bond donors (Lipinski definition) is 2. The molecular formula is C22H25O3P. The molecule has 0 amide bonds. The fourth-order valence-electron chi connectivity index (χ4n) is 3.63. The van der Waals surface area contributed by atoms with Crippen LogP contribution in [-0.4, -0.2) is 9.79 Å². The Labute approximate surface area is 155 Å². The van der Waals surface area contributed by atoms with Gasteiger partial charge in [0.2, 0.25) is 0 Å². The average Bonchev–Trinajstić information content (AvgIpc) is 2.67. The first-order valence-electron chi connectivity index (χ1n) is 9.04. The lowest BCUT2D eigenvalue weighted by Crippen LogP contribution is -2.30. The molecular weight excluding hydrogens is 343 g/mol. The summed E-state index contributed by atoms with van der Waals surface area (Å²) in [5.74, 6) is 0. The predicted octanol–water partition coefficient (Wildman–Crippen LogP) is 4.74. The van der Waals surface area contributed by atoms with Gasteiger partial charge < -0.3 is 9.79 Å². The van der Waals surface area contributed by atoms with E-state index in [4.69, 9.17) is 0 Å². The topological polar surface area (TPSA) is 57.5 Å². The molecule has 136 valence electrons. The fraction of sp³-hybridized carbons (Fsp3) is 0.273. The molecule has 0 bridgehead atoms. The summed E-state index contributed by atoms with van der Waals surface area (Å²) in [4.78, 5) is 19.5. The van der Waals surface area contributed by atoms with Crippen LogP contribution in [0.5, 0.6) is 0 Å². The highest BCUT2D eigenvalue weighted by molar-refractivity contribution is 7.60. The largest absolute Gasteiger partial charge is 0.356 e. The van der Waals surface area contributed by atoms with E-state index in [9.17, 15) is 14.4 Å². The van der Waals surface area contributed by atoms with Gasteiger partial charge in [0.05, 0.1) is 5.30 Å². The van der Waals surface area contributed by atoms with Crippen LogP contribution < -0.4 is 5.30 Å². The second kappa shape index (κ2) is 7.36. The molecule has 0 aromatic heterocycles. The van der Waals surface area contributed by atoms with E-state index < -0.39 is 7.60 Å². The van der Waals surface area contributed by atoms with E-state index in [1.54, 1.807) is 12.1 Å². The van der Waals surface area contributed by atoms with E-state index in [-0.39, 0.29) is 10.7 Å². The molecule has 1 atom stereocenters. The highest BCUT2D eigenvalue weighted by Crippen LogP contribution is 2.43. The average molecular weight is 368 g/mol. The maximum atomic E-state index is 12.0. The smallest absolute Gasteiger partial charge is 0.321 e. The molecule has 1 aliphatic carbocycles. The van der Waals surface area contributed by atoms with Crippen molar-refractivity contribution in [3.05, 3.63) is 83.4 Å². The lowest BCUT2D eigenvalue weighted by atomic mass is 9.72. The Morgan fingerprint density at radius 2 is 1.73 bits per heavy atom. The van der Waals surface area contributed by atoms with Crippen LogP contribution in [0, 0.1) is 0 Å². The van der Waals surface area contributed by atoms with Crippen LogP contribution in [0.3, 0.4) is 0 Å². The summed E-state index contributed by atoms with van der Waals surface area (Å²) in [7, 11) is -4.32. The molecule has 1 unspecified atom stereocenters. The zero-order valence-corrected chi connectivity index (χ0v) is 16.1. The Hall–Kier alpha value is -1.93. The van der Waals surface area contributed by atoms with Crippen LogP contribution in [0.15, 0.2) is 66.8 Å². The monoisotopic (exact) mass is 368 g/mol. The molecule has 2 aromatic rings. The van der Waals surface area contributed by atoms with Crippen LogP contribution >= 0.6 is 7.60 Å². The molecule has 3 nitrogen and oxygen atoms in total. The van der Waals surface area contributed by atoms with E-state index in [2.05, 4.69) is 56.3 Å². The maximum absolute atomic E-state index is 12.0. The number of benzene rings is 2. The molecule has 0 heterocycles. The predicted molar refractivity (Wildman–Crippen MR) is 108 cm³/mol. The molecule has 0 spiro atoms. The third kappa shape index (κ3) is 3.61. The molecule has 4 heteroatoms. The van der Waals surface area contributed by atoms with Gasteiger partial charge in [-0.2, -0.15) is 0 Å². The maximum Gasteiger partial charge on any atom is 0.356 e. The third-order valence-corrected chi connectivity index (χ3v) is 6.37. The molecule has 2 N–H and O–H groups in total. The zero-order chi connectivity index (χ0) is 18.8. The number of aryl methyl sites for hydroxylation is 1. The lowest BCUT2D eigenvalue weighted by molar-refractivity contribution is 0.386. The van der Waals surface area contributed by atoms with E-state index >= 15 is 0 Å². The standard InChI is InChI=1S/C22H25O3P/c1-3-17-9-11-18(12-10-17)19-13-15-22(4-2,16-14-19)20-7-5-6-8-21(20)26(23,24)25/h5-15H,3-4,16H2,1-2H3,(H2,23,24,25). The van der Waals surface area contributed by atoms with Crippen molar-refractivity contribution in [3.8, 4) is 0 Å². The number of hydrogen-bond acceptors (Lipinski definition) is 1. The SMILES string of the molecule is CCc1ccc(C2=CCC(CC)(c3ccccc3P(=O)(O)O)C=C2)cc1. The molecule has 0 fully saturated rings. The van der Waals surface area contributed by atoms with Crippen molar-refractivity contribution in [3.63, 3.8) is 0 Å². The van der Waals surface area contributed by atoms with E-state index in [1.807, 2.05) is 12.1 Å². The Morgan fingerprint density at radius 3 is 2.27 bits per heavy atom. The van der Waals surface area contributed by atoms with Gasteiger partial charge >= 0.3 is 7.60 Å². The summed E-state index contributed by atoms with van der Waals surface area (Å²) in [6.45, 7) is 4.21. The van der Waals surface area contributed by atoms with Crippen molar-refractivity contribution in [1.29, 1.82) is 0 Å². The molecule has 0 radical (unpaired) electrons. The Morgan fingerprint density at radius 1 is 1.04 bits per heavy atom. The van der Waals surface area contributed by atoms with Crippen molar-refractivity contribution in [2.24, 2.45) is 0 Å². The van der Waals surface area contributed by atoms with Crippen LogP contribution in [-0.2, 0) is 16.4 Å². The van der Waals surface area contributed by atoms with Crippen LogP contribution in [0.2, 0.25) is 0 Å². The van der Waals surface area contributed by atoms with E-state index in [0.717, 1.165) is 30.4 Å². The Bertz CT molecular complexity index is 890. The van der Waals surface area contributed by atoms with Crippen molar-refractivity contribution in [1.82, 2.24) is 0 Å². The van der Waals surface area contributed by atoms with Crippen LogP contribution in [0.1, 0.15) is 43.4 Å². The van der Waals surface area contributed by atoms with E-state index in [0.29, 0.717) is 0 Å². The van der Waals surface area contributed by atoms with Gasteiger partial charge in [-0.05, 0) is 47.6 Å². The zero-order valence-electron chi connectivity index (χ0n) is 15.2. The minimum absolute atomic E-state index is 0.135. The van der Waals surface area contributed by atoms with Gasteiger partial charge in [-0.3, -0.25) is 4.57 Å². The summed E-state index contributed by atoms with van der Waals surface area (Å²) in [5, 5.41) is 0.135. The second-order valence-electron chi connectivity index (χ2n) is 6.82. The number of rotatable bonds is 5. The van der Waals surface area contributed by atoms with Gasteiger partial charge in [-0.15, -0.1) is 0 Å². The van der Waals surface area contributed by atoms with Crippen molar-refractivity contribution < 1.29 is 14.4 Å². The van der Waals surface area contributed by atoms with Gasteiger partial charge in [0.25, 0.3) is 0 Å². The molecule has 0 saturated heterocycles. The molecule has 26 heavy (non-hydrogen) atoms. The van der Waals surface area contributed by atoms with Gasteiger partial charge in [-0.1, -0.05) is 74.5 Å². The van der Waals surface area contributed by atoms with E-state index in [1.165, 1.54) is 11.1 Å². The highest BCUT2D eigenvalue weighted by atomic mass is 31.2. The quantitative estimate of drug-likeness (QED) is 0.749.